The monoisotopic (exact) mass is 311 g/mol. The second-order valence-electron chi connectivity index (χ2n) is 7.64. The van der Waals surface area contributed by atoms with Gasteiger partial charge < -0.3 is 5.11 Å². The Balaban J connectivity index is 2.17. The van der Waals surface area contributed by atoms with Gasteiger partial charge in [-0.2, -0.15) is 0 Å². The Kier molecular flexibility index (Phi) is 5.61. The van der Waals surface area contributed by atoms with Crippen LogP contribution in [0.3, 0.4) is 0 Å². The van der Waals surface area contributed by atoms with Gasteiger partial charge in [-0.15, -0.1) is 0 Å². The lowest BCUT2D eigenvalue weighted by molar-refractivity contribution is -0.0683. The summed E-state index contributed by atoms with van der Waals surface area (Å²) in [5.74, 6) is 0. The van der Waals surface area contributed by atoms with Gasteiger partial charge in [0.25, 0.3) is 0 Å². The van der Waals surface area contributed by atoms with E-state index in [0.717, 1.165) is 13.1 Å². The molecule has 0 spiro atoms. The second-order valence-corrected chi connectivity index (χ2v) is 7.64. The summed E-state index contributed by atoms with van der Waals surface area (Å²) >= 11 is 0. The van der Waals surface area contributed by atoms with Crippen LogP contribution in [0.25, 0.3) is 0 Å². The molecule has 0 heterocycles. The van der Waals surface area contributed by atoms with E-state index in [4.69, 9.17) is 0 Å². The van der Waals surface area contributed by atoms with Gasteiger partial charge in [0.05, 0.1) is 5.60 Å². The van der Waals surface area contributed by atoms with Crippen molar-refractivity contribution in [2.45, 2.75) is 46.4 Å². The maximum absolute atomic E-state index is 10.9. The van der Waals surface area contributed by atoms with E-state index in [2.05, 4.69) is 74.2 Å². The average Bonchev–Trinajstić information content (AvgIpc) is 2.47. The number of benzene rings is 2. The first-order valence-electron chi connectivity index (χ1n) is 8.30. The summed E-state index contributed by atoms with van der Waals surface area (Å²) in [6.07, 6.45) is 0. The van der Waals surface area contributed by atoms with E-state index in [9.17, 15) is 5.11 Å². The van der Waals surface area contributed by atoms with Crippen LogP contribution in [-0.4, -0.2) is 22.2 Å². The Bertz CT molecular complexity index is 543. The van der Waals surface area contributed by atoms with Crippen LogP contribution in [-0.2, 0) is 13.1 Å². The smallest absolute Gasteiger partial charge is 0.0794 e. The molecule has 2 nitrogen and oxygen atoms in total. The highest BCUT2D eigenvalue weighted by atomic mass is 16.3. The van der Waals surface area contributed by atoms with Crippen LogP contribution in [0.4, 0.5) is 0 Å². The summed E-state index contributed by atoms with van der Waals surface area (Å²) < 4.78 is 0. The quantitative estimate of drug-likeness (QED) is 0.850. The predicted octanol–water partition coefficient (Wildman–Crippen LogP) is 4.49. The van der Waals surface area contributed by atoms with Crippen molar-refractivity contribution in [2.75, 3.05) is 6.54 Å². The Morgan fingerprint density at radius 2 is 1.13 bits per heavy atom. The van der Waals surface area contributed by atoms with Gasteiger partial charge in [0.2, 0.25) is 0 Å². The molecule has 0 radical (unpaired) electrons. The molecule has 1 N–H and O–H groups in total. The highest BCUT2D eigenvalue weighted by Crippen LogP contribution is 2.31. The van der Waals surface area contributed by atoms with Gasteiger partial charge in [-0.1, -0.05) is 81.4 Å². The van der Waals surface area contributed by atoms with Crippen LogP contribution in [0.15, 0.2) is 60.7 Å². The fourth-order valence-corrected chi connectivity index (χ4v) is 2.52. The summed E-state index contributed by atoms with van der Waals surface area (Å²) in [6, 6.07) is 20.9. The van der Waals surface area contributed by atoms with E-state index in [1.54, 1.807) is 0 Å². The van der Waals surface area contributed by atoms with Crippen LogP contribution in [0.5, 0.6) is 0 Å². The van der Waals surface area contributed by atoms with Crippen molar-refractivity contribution in [3.05, 3.63) is 71.8 Å². The molecular formula is C21H29NO. The molecule has 0 aliphatic carbocycles. The van der Waals surface area contributed by atoms with Crippen LogP contribution in [0.1, 0.15) is 38.8 Å². The molecule has 0 fully saturated rings. The van der Waals surface area contributed by atoms with Crippen molar-refractivity contribution in [3.63, 3.8) is 0 Å². The topological polar surface area (TPSA) is 23.5 Å². The fourth-order valence-electron chi connectivity index (χ4n) is 2.52. The zero-order valence-electron chi connectivity index (χ0n) is 14.8. The Morgan fingerprint density at radius 1 is 0.739 bits per heavy atom. The van der Waals surface area contributed by atoms with Gasteiger partial charge in [-0.25, -0.2) is 0 Å². The highest BCUT2D eigenvalue weighted by Gasteiger charge is 2.36. The Hall–Kier alpha value is -1.64. The minimum Gasteiger partial charge on any atom is -0.388 e. The third kappa shape index (κ3) is 5.19. The minimum absolute atomic E-state index is 0.168. The van der Waals surface area contributed by atoms with Crippen molar-refractivity contribution in [1.29, 1.82) is 0 Å². The zero-order chi connectivity index (χ0) is 16.9. The van der Waals surface area contributed by atoms with Crippen molar-refractivity contribution in [1.82, 2.24) is 4.90 Å². The molecule has 0 aliphatic heterocycles. The summed E-state index contributed by atoms with van der Waals surface area (Å²) in [5.41, 5.74) is 1.62. The molecule has 0 amide bonds. The molecular weight excluding hydrogens is 282 g/mol. The molecule has 0 aliphatic rings. The first kappa shape index (κ1) is 17.7. The number of hydrogen-bond donors (Lipinski definition) is 1. The molecule has 23 heavy (non-hydrogen) atoms. The molecule has 0 saturated heterocycles. The number of hydrogen-bond acceptors (Lipinski definition) is 2. The molecule has 0 bridgehead atoms. The summed E-state index contributed by atoms with van der Waals surface area (Å²) in [6.45, 7) is 10.5. The third-order valence-corrected chi connectivity index (χ3v) is 4.65. The largest absolute Gasteiger partial charge is 0.388 e. The summed E-state index contributed by atoms with van der Waals surface area (Å²) in [4.78, 5) is 2.33. The first-order chi connectivity index (χ1) is 10.8. The van der Waals surface area contributed by atoms with Crippen LogP contribution < -0.4 is 0 Å². The summed E-state index contributed by atoms with van der Waals surface area (Å²) in [5, 5.41) is 10.9. The molecule has 124 valence electrons. The van der Waals surface area contributed by atoms with Crippen LogP contribution in [0.2, 0.25) is 0 Å². The maximum Gasteiger partial charge on any atom is 0.0794 e. The SMILES string of the molecule is CC(C)(C)C(C)(O)CN(Cc1ccccc1)Cc1ccccc1. The third-order valence-electron chi connectivity index (χ3n) is 4.65. The van der Waals surface area contributed by atoms with Gasteiger partial charge in [0.15, 0.2) is 0 Å². The molecule has 0 aromatic heterocycles. The zero-order valence-corrected chi connectivity index (χ0v) is 14.8. The molecule has 2 aromatic carbocycles. The van der Waals surface area contributed by atoms with Crippen LogP contribution >= 0.6 is 0 Å². The Labute approximate surface area is 140 Å². The van der Waals surface area contributed by atoms with Gasteiger partial charge in [-0.3, -0.25) is 4.90 Å². The van der Waals surface area contributed by atoms with E-state index < -0.39 is 5.60 Å². The maximum atomic E-state index is 10.9. The van der Waals surface area contributed by atoms with Crippen molar-refractivity contribution in [3.8, 4) is 0 Å². The van der Waals surface area contributed by atoms with Gasteiger partial charge in [0.1, 0.15) is 0 Å². The van der Waals surface area contributed by atoms with E-state index >= 15 is 0 Å². The molecule has 1 unspecified atom stereocenters. The van der Waals surface area contributed by atoms with Gasteiger partial charge in [0, 0.05) is 19.6 Å². The first-order valence-corrected chi connectivity index (χ1v) is 8.30. The van der Waals surface area contributed by atoms with Crippen molar-refractivity contribution in [2.24, 2.45) is 5.41 Å². The standard InChI is InChI=1S/C21H29NO/c1-20(2,3)21(4,23)17-22(15-18-11-7-5-8-12-18)16-19-13-9-6-10-14-19/h5-14,23H,15-17H2,1-4H3. The summed E-state index contributed by atoms with van der Waals surface area (Å²) in [7, 11) is 0. The van der Waals surface area contributed by atoms with E-state index in [0.29, 0.717) is 6.54 Å². The number of aliphatic hydroxyl groups is 1. The minimum atomic E-state index is -0.753. The lowest BCUT2D eigenvalue weighted by Crippen LogP contribution is -2.49. The lowest BCUT2D eigenvalue weighted by atomic mass is 9.77. The molecule has 2 rings (SSSR count). The number of nitrogens with zero attached hydrogens (tertiary/aromatic N) is 1. The van der Waals surface area contributed by atoms with Crippen molar-refractivity contribution >= 4 is 0 Å². The normalized spacial score (nSPS) is 14.7. The average molecular weight is 311 g/mol. The van der Waals surface area contributed by atoms with Gasteiger partial charge >= 0.3 is 0 Å². The van der Waals surface area contributed by atoms with E-state index in [1.165, 1.54) is 11.1 Å². The Morgan fingerprint density at radius 3 is 1.48 bits per heavy atom. The fraction of sp³-hybridized carbons (Fsp3) is 0.429. The highest BCUT2D eigenvalue weighted by molar-refractivity contribution is 5.17. The predicted molar refractivity (Wildman–Crippen MR) is 97.1 cm³/mol. The molecule has 2 heteroatoms. The van der Waals surface area contributed by atoms with Gasteiger partial charge in [-0.05, 0) is 23.5 Å². The molecule has 2 aromatic rings. The molecule has 0 saturated carbocycles. The van der Waals surface area contributed by atoms with E-state index in [1.807, 2.05) is 19.1 Å². The van der Waals surface area contributed by atoms with Crippen LogP contribution in [0, 0.1) is 5.41 Å². The van der Waals surface area contributed by atoms with E-state index in [-0.39, 0.29) is 5.41 Å². The lowest BCUT2D eigenvalue weighted by Gasteiger charge is -2.41. The van der Waals surface area contributed by atoms with Crippen molar-refractivity contribution < 1.29 is 5.11 Å². The second kappa shape index (κ2) is 7.29. The molecule has 1 atom stereocenters. The number of rotatable bonds is 6.